The van der Waals surface area contributed by atoms with E-state index in [1.807, 2.05) is 62.3 Å². The number of aliphatic hydroxyl groups excluding tert-OH is 4. The third-order valence-electron chi connectivity index (χ3n) is 28.6. The van der Waals surface area contributed by atoms with Crippen LogP contribution >= 0.6 is 0 Å². The predicted molar refractivity (Wildman–Crippen MR) is 309 cm³/mol. The van der Waals surface area contributed by atoms with Gasteiger partial charge in [-0.1, -0.05) is 83.1 Å². The molecule has 12 saturated heterocycles. The van der Waals surface area contributed by atoms with Crippen LogP contribution < -0.4 is 0 Å². The van der Waals surface area contributed by atoms with Crippen molar-refractivity contribution < 1.29 is 155 Å². The number of esters is 11. The van der Waals surface area contributed by atoms with E-state index < -0.39 is 293 Å². The first-order valence-electron chi connectivity index (χ1n) is 33.7. The van der Waals surface area contributed by atoms with Gasteiger partial charge in [0, 0.05) is 31.6 Å². The molecule has 36 atom stereocenters. The Morgan fingerprint density at radius 3 is 0.859 bits per heavy atom. The van der Waals surface area contributed by atoms with Gasteiger partial charge in [0.2, 0.25) is 35.7 Å². The summed E-state index contributed by atoms with van der Waals surface area (Å²) in [7, 11) is 0. The van der Waals surface area contributed by atoms with Crippen LogP contribution in [0.4, 0.5) is 0 Å². The number of carbonyl (C=O) groups excluding carboxylic acids is 11. The lowest BCUT2D eigenvalue weighted by Crippen LogP contribution is -2.66. The van der Waals surface area contributed by atoms with Crippen LogP contribution in [0, 0.1) is 102 Å². The molecule has 32 nitrogen and oxygen atoms in total. The van der Waals surface area contributed by atoms with E-state index >= 15 is 0 Å². The Morgan fingerprint density at radius 1 is 0.354 bits per heavy atom. The molecule has 6 saturated carbocycles. The fourth-order valence-corrected chi connectivity index (χ4v) is 26.4. The van der Waals surface area contributed by atoms with E-state index in [2.05, 4.69) is 0 Å². The third-order valence-corrected chi connectivity index (χ3v) is 28.6. The van der Waals surface area contributed by atoms with Gasteiger partial charge in [0.1, 0.15) is 36.6 Å². The van der Waals surface area contributed by atoms with Gasteiger partial charge in [0.25, 0.3) is 0 Å². The SMILES string of the molecule is CC(=O)O[C@H]1C2OC(=O)[C@]34OC5OC(=O)[C@H](C)C5([C@@H]1C(C)(C)C)C23[C@@H](O)[C@@H]1OC(=O)[C@@H](C)[C@@]14O.CC(=O)O[C@H]1C2OC(=O)[C@]34OC5OC(=O)[C@H](C)C5([C@@H]1C(C)(C)C)C23[C@@H](O)[C@@H]1OC(=O)[C@@H](C)[C@@]14O.C[C@@H]1C(=O)O[C@H]2[C@H](O)C34C5OC(=O)[C@@]3(OC3OC(=O)[C@H](C)C34[C@H](C(C)(C)C)[C@H]5O)[C@@]12O. The molecule has 0 aromatic carbocycles. The summed E-state index contributed by atoms with van der Waals surface area (Å²) >= 11 is 0. The van der Waals surface area contributed by atoms with E-state index in [4.69, 9.17) is 66.3 Å². The zero-order valence-corrected chi connectivity index (χ0v) is 57.2. The van der Waals surface area contributed by atoms with Crippen molar-refractivity contribution in [2.75, 3.05) is 0 Å². The Morgan fingerprint density at radius 2 is 0.596 bits per heavy atom. The van der Waals surface area contributed by atoms with Crippen LogP contribution in [-0.2, 0) is 119 Å². The van der Waals surface area contributed by atoms with Crippen molar-refractivity contribution in [2.45, 2.75) is 243 Å². The molecule has 12 heterocycles. The molecule has 99 heavy (non-hydrogen) atoms. The van der Waals surface area contributed by atoms with Gasteiger partial charge < -0.3 is 102 Å². The first-order valence-corrected chi connectivity index (χ1v) is 33.7. The van der Waals surface area contributed by atoms with Crippen LogP contribution in [0.5, 0.6) is 0 Å². The normalized spacial score (nSPS) is 57.8. The fraction of sp³-hybridized carbons (Fsp3) is 0.836. The molecular formula is C67H82O32. The molecule has 7 N–H and O–H groups in total. The van der Waals surface area contributed by atoms with Crippen LogP contribution in [0.3, 0.4) is 0 Å². The number of aliphatic hydroxyl groups is 7. The molecule has 0 aromatic rings. The van der Waals surface area contributed by atoms with Gasteiger partial charge >= 0.3 is 65.7 Å². The molecule has 18 rings (SSSR count). The summed E-state index contributed by atoms with van der Waals surface area (Å²) in [5, 5.41) is 83.2. The molecule has 12 aliphatic heterocycles. The lowest BCUT2D eigenvalue weighted by Gasteiger charge is -2.48. The maximum atomic E-state index is 13.7. The summed E-state index contributed by atoms with van der Waals surface area (Å²) in [4.78, 5) is 142. The van der Waals surface area contributed by atoms with Gasteiger partial charge in [-0.15, -0.1) is 0 Å². The molecule has 0 aromatic heterocycles. The molecule has 6 spiro atoms. The van der Waals surface area contributed by atoms with Crippen molar-refractivity contribution >= 4 is 65.7 Å². The van der Waals surface area contributed by atoms with Crippen LogP contribution in [0.15, 0.2) is 0 Å². The Balaban J connectivity index is 0.000000116. The summed E-state index contributed by atoms with van der Waals surface area (Å²) in [5.74, 6) is -17.0. The standard InChI is InChI=1S/2C23H28O11.C21H26O10/c2*1-7-15(26)33-18-20(7)11(19(4,5)6)10(30-9(3)24)13-21(20)12(25)14-22(29,8(2)16(27)31-14)23(21,34-18)17(28)32-13;1-6-13(24)30-16-18(6)9(17(3,4)5)8(22)11-19(18)10(23)12-20(27,7(2)14(25)28-12)21(19,31-16)15(26)29-11/h2*7-8,10-14,18,25,29H,1-6H3;6-12,16,22-23,27H,1-5H3/t2*7-,8+,10+,11-,12-,13?,14-,18?,20?,21?,22+,23-;6-,7+,8+,9-,10-,11?,12-,16?,18?,19?,20+,21-/m000/s1. The average molecular weight is 1400 g/mol. The summed E-state index contributed by atoms with van der Waals surface area (Å²) in [6.45, 7) is 28.4. The first kappa shape index (κ1) is 67.3. The quantitative estimate of drug-likeness (QED) is 0.114. The number of ether oxygens (including phenoxy) is 14. The highest BCUT2D eigenvalue weighted by molar-refractivity contribution is 5.97. The molecular weight excluding hydrogens is 1320 g/mol. The molecule has 18 fully saturated rings. The lowest BCUT2D eigenvalue weighted by atomic mass is 9.49. The smallest absolute Gasteiger partial charge is 0.343 e. The van der Waals surface area contributed by atoms with Crippen molar-refractivity contribution in [2.24, 2.45) is 102 Å². The topological polar surface area (TPSA) is 459 Å². The van der Waals surface area contributed by atoms with Crippen molar-refractivity contribution in [1.82, 2.24) is 0 Å². The highest BCUT2D eigenvalue weighted by atomic mass is 16.8. The Kier molecular flexibility index (Phi) is 12.5. The number of hydrogen-bond acceptors (Lipinski definition) is 32. The van der Waals surface area contributed by atoms with E-state index in [0.717, 1.165) is 0 Å². The average Bonchev–Trinajstić information content (AvgIpc) is 1.43. The number of hydrogen-bond donors (Lipinski definition) is 7. The van der Waals surface area contributed by atoms with Gasteiger partial charge in [-0.25, -0.2) is 14.4 Å². The molecule has 12 unspecified atom stereocenters. The van der Waals surface area contributed by atoms with Crippen LogP contribution in [-0.4, -0.2) is 227 Å². The summed E-state index contributed by atoms with van der Waals surface area (Å²) < 4.78 is 80.7. The molecule has 0 bridgehead atoms. The zero-order chi connectivity index (χ0) is 72.6. The number of fused-ring (bicyclic) bond motifs is 3. The minimum Gasteiger partial charge on any atom is -0.458 e. The minimum atomic E-state index is -2.30. The first-order chi connectivity index (χ1) is 45.6. The molecule has 0 amide bonds. The zero-order valence-electron chi connectivity index (χ0n) is 57.2. The van der Waals surface area contributed by atoms with Crippen LogP contribution in [0.2, 0.25) is 0 Å². The second kappa shape index (κ2) is 18.4. The maximum absolute atomic E-state index is 13.7. The van der Waals surface area contributed by atoms with E-state index in [1.165, 1.54) is 34.6 Å². The van der Waals surface area contributed by atoms with Crippen molar-refractivity contribution in [3.8, 4) is 0 Å². The number of carbonyl (C=O) groups is 11. The molecule has 18 aliphatic rings. The van der Waals surface area contributed by atoms with Gasteiger partial charge in [-0.05, 0) is 37.0 Å². The lowest BCUT2D eigenvalue weighted by molar-refractivity contribution is -0.240. The molecule has 0 radical (unpaired) electrons. The molecule has 542 valence electrons. The van der Waals surface area contributed by atoms with E-state index in [9.17, 15) is 88.5 Å². The number of rotatable bonds is 2. The van der Waals surface area contributed by atoms with Crippen molar-refractivity contribution in [1.29, 1.82) is 0 Å². The minimum absolute atomic E-state index is 0.587. The van der Waals surface area contributed by atoms with E-state index in [-0.39, 0.29) is 0 Å². The summed E-state index contributed by atoms with van der Waals surface area (Å²) in [6, 6.07) is 0. The second-order valence-corrected chi connectivity index (χ2v) is 34.5. The van der Waals surface area contributed by atoms with Crippen molar-refractivity contribution in [3.05, 3.63) is 0 Å². The summed E-state index contributed by atoms with van der Waals surface area (Å²) in [6.07, 6.45) is -20.7. The van der Waals surface area contributed by atoms with Crippen LogP contribution in [0.25, 0.3) is 0 Å². The maximum Gasteiger partial charge on any atom is 0.343 e. The van der Waals surface area contributed by atoms with Crippen LogP contribution in [0.1, 0.15) is 118 Å². The Bertz CT molecular complexity index is 3680. The second-order valence-electron chi connectivity index (χ2n) is 34.5. The molecule has 6 aliphatic carbocycles. The fourth-order valence-electron chi connectivity index (χ4n) is 26.4. The highest BCUT2D eigenvalue weighted by Gasteiger charge is 3.09. The third kappa shape index (κ3) is 5.84. The van der Waals surface area contributed by atoms with Gasteiger partial charge in [0.05, 0.1) is 74.1 Å². The summed E-state index contributed by atoms with van der Waals surface area (Å²) in [5.41, 5.74) is -25.2. The van der Waals surface area contributed by atoms with Gasteiger partial charge in [-0.2, -0.15) is 0 Å². The largest absolute Gasteiger partial charge is 0.458 e. The Labute approximate surface area is 564 Å². The molecule has 32 heteroatoms. The van der Waals surface area contributed by atoms with E-state index in [1.54, 1.807) is 20.8 Å². The van der Waals surface area contributed by atoms with Gasteiger partial charge in [0.15, 0.2) is 47.3 Å². The Hall–Kier alpha value is -6.23. The van der Waals surface area contributed by atoms with Gasteiger partial charge in [-0.3, -0.25) is 38.4 Å². The van der Waals surface area contributed by atoms with E-state index in [0.29, 0.717) is 0 Å². The highest BCUT2D eigenvalue weighted by Crippen LogP contribution is 2.90. The monoisotopic (exact) mass is 1400 g/mol. The predicted octanol–water partition coefficient (Wildman–Crippen LogP) is -2.23. The van der Waals surface area contributed by atoms with Crippen molar-refractivity contribution in [3.63, 3.8) is 0 Å².